The molecule has 130 valence electrons. The third-order valence-corrected chi connectivity index (χ3v) is 4.27. The zero-order chi connectivity index (χ0) is 18.0. The van der Waals surface area contributed by atoms with Crippen molar-refractivity contribution in [2.24, 2.45) is 0 Å². The summed E-state index contributed by atoms with van der Waals surface area (Å²) in [5.74, 6) is -0.942. The number of carbonyl (C=O) groups excluding carboxylic acids is 2. The molecule has 0 spiro atoms. The van der Waals surface area contributed by atoms with Gasteiger partial charge in [-0.1, -0.05) is 29.8 Å². The highest BCUT2D eigenvalue weighted by Crippen LogP contribution is 2.30. The number of nitrogens with zero attached hydrogens (tertiary/aromatic N) is 1. The van der Waals surface area contributed by atoms with Crippen LogP contribution >= 0.6 is 0 Å². The standard InChI is InChI=1S/C19H19FN2O3/c1-12-3-5-13(6-4-12)17-18(25-11-16(23)22(17)2)19(24)21-15-9-7-14(20)8-10-15/h3-10,17-18H,11H2,1-2H3,(H,21,24)/t17-,18-/m1/s1. The average Bonchev–Trinajstić information content (AvgIpc) is 2.60. The van der Waals surface area contributed by atoms with E-state index in [9.17, 15) is 14.0 Å². The molecule has 1 fully saturated rings. The minimum Gasteiger partial charge on any atom is -0.356 e. The second-order valence-corrected chi connectivity index (χ2v) is 6.09. The fourth-order valence-electron chi connectivity index (χ4n) is 2.84. The first-order valence-corrected chi connectivity index (χ1v) is 7.96. The van der Waals surface area contributed by atoms with Crippen molar-refractivity contribution in [2.75, 3.05) is 19.0 Å². The summed E-state index contributed by atoms with van der Waals surface area (Å²) in [5, 5.41) is 2.72. The van der Waals surface area contributed by atoms with E-state index in [2.05, 4.69) is 5.32 Å². The number of hydrogen-bond acceptors (Lipinski definition) is 3. The minimum atomic E-state index is -0.851. The average molecular weight is 342 g/mol. The van der Waals surface area contributed by atoms with Gasteiger partial charge >= 0.3 is 0 Å². The normalized spacial score (nSPS) is 20.4. The highest BCUT2D eigenvalue weighted by molar-refractivity contribution is 5.96. The Morgan fingerprint density at radius 1 is 1.16 bits per heavy atom. The predicted molar refractivity (Wildman–Crippen MR) is 91.5 cm³/mol. The molecule has 2 amide bonds. The van der Waals surface area contributed by atoms with E-state index in [-0.39, 0.29) is 24.2 Å². The molecule has 6 heteroatoms. The number of rotatable bonds is 3. The first kappa shape index (κ1) is 17.1. The van der Waals surface area contributed by atoms with Crippen LogP contribution in [-0.2, 0) is 14.3 Å². The van der Waals surface area contributed by atoms with Crippen LogP contribution in [0.15, 0.2) is 48.5 Å². The maximum Gasteiger partial charge on any atom is 0.256 e. The van der Waals surface area contributed by atoms with Crippen LogP contribution in [0.3, 0.4) is 0 Å². The number of morpholine rings is 1. The second kappa shape index (κ2) is 7.03. The zero-order valence-electron chi connectivity index (χ0n) is 14.0. The Balaban J connectivity index is 1.85. The molecule has 3 rings (SSSR count). The van der Waals surface area contributed by atoms with Crippen LogP contribution in [0.2, 0.25) is 0 Å². The lowest BCUT2D eigenvalue weighted by atomic mass is 9.96. The summed E-state index contributed by atoms with van der Waals surface area (Å²) < 4.78 is 18.5. The largest absolute Gasteiger partial charge is 0.356 e. The molecule has 0 saturated carbocycles. The Morgan fingerprint density at radius 2 is 1.80 bits per heavy atom. The van der Waals surface area contributed by atoms with Crippen molar-refractivity contribution in [2.45, 2.75) is 19.1 Å². The topological polar surface area (TPSA) is 58.6 Å². The van der Waals surface area contributed by atoms with E-state index in [1.165, 1.54) is 29.2 Å². The molecule has 1 aliphatic rings. The molecular formula is C19H19FN2O3. The van der Waals surface area contributed by atoms with Crippen LogP contribution in [0.5, 0.6) is 0 Å². The van der Waals surface area contributed by atoms with Gasteiger partial charge in [0.15, 0.2) is 6.10 Å². The number of ether oxygens (including phenoxy) is 1. The molecule has 0 radical (unpaired) electrons. The van der Waals surface area contributed by atoms with E-state index < -0.39 is 12.1 Å². The second-order valence-electron chi connectivity index (χ2n) is 6.09. The summed E-state index contributed by atoms with van der Waals surface area (Å²) in [6, 6.07) is 12.6. The van der Waals surface area contributed by atoms with E-state index >= 15 is 0 Å². The summed E-state index contributed by atoms with van der Waals surface area (Å²) in [6.45, 7) is 1.81. The summed E-state index contributed by atoms with van der Waals surface area (Å²) in [7, 11) is 1.66. The first-order valence-electron chi connectivity index (χ1n) is 7.96. The summed E-state index contributed by atoms with van der Waals surface area (Å²) >= 11 is 0. The highest BCUT2D eigenvalue weighted by Gasteiger charge is 2.40. The van der Waals surface area contributed by atoms with Crippen molar-refractivity contribution in [3.05, 3.63) is 65.5 Å². The molecule has 25 heavy (non-hydrogen) atoms. The van der Waals surface area contributed by atoms with E-state index in [1.807, 2.05) is 31.2 Å². The molecule has 1 aliphatic heterocycles. The summed E-state index contributed by atoms with van der Waals surface area (Å²) in [5.41, 5.74) is 2.37. The molecule has 1 N–H and O–H groups in total. The lowest BCUT2D eigenvalue weighted by Crippen LogP contribution is -2.51. The van der Waals surface area contributed by atoms with E-state index in [1.54, 1.807) is 7.05 Å². The van der Waals surface area contributed by atoms with Gasteiger partial charge in [0.1, 0.15) is 12.4 Å². The lowest BCUT2D eigenvalue weighted by molar-refractivity contribution is -0.160. The molecule has 0 aromatic heterocycles. The molecule has 2 aromatic rings. The van der Waals surface area contributed by atoms with Crippen molar-refractivity contribution in [3.63, 3.8) is 0 Å². The smallest absolute Gasteiger partial charge is 0.256 e. The molecule has 2 aromatic carbocycles. The fourth-order valence-corrected chi connectivity index (χ4v) is 2.84. The Morgan fingerprint density at radius 3 is 2.44 bits per heavy atom. The van der Waals surface area contributed by atoms with Crippen LogP contribution < -0.4 is 5.32 Å². The predicted octanol–water partition coefficient (Wildman–Crippen LogP) is 2.67. The lowest BCUT2D eigenvalue weighted by Gasteiger charge is -2.38. The number of carbonyl (C=O) groups is 2. The third-order valence-electron chi connectivity index (χ3n) is 4.27. The van der Waals surface area contributed by atoms with Gasteiger partial charge in [-0.25, -0.2) is 4.39 Å². The monoisotopic (exact) mass is 342 g/mol. The van der Waals surface area contributed by atoms with Gasteiger partial charge in [0.2, 0.25) is 5.91 Å². The number of halogens is 1. The van der Waals surface area contributed by atoms with Crippen LogP contribution in [0.25, 0.3) is 0 Å². The number of hydrogen-bond donors (Lipinski definition) is 1. The van der Waals surface area contributed by atoms with Crippen molar-refractivity contribution < 1.29 is 18.7 Å². The van der Waals surface area contributed by atoms with Crippen LogP contribution in [0.1, 0.15) is 17.2 Å². The van der Waals surface area contributed by atoms with Gasteiger partial charge in [-0.05, 0) is 36.8 Å². The van der Waals surface area contributed by atoms with Gasteiger partial charge in [0, 0.05) is 12.7 Å². The zero-order valence-corrected chi connectivity index (χ0v) is 14.0. The number of likely N-dealkylation sites (N-methyl/N-ethyl adjacent to an activating group) is 1. The van der Waals surface area contributed by atoms with Crippen molar-refractivity contribution in [1.82, 2.24) is 4.90 Å². The van der Waals surface area contributed by atoms with Crippen LogP contribution in [0.4, 0.5) is 10.1 Å². The van der Waals surface area contributed by atoms with Crippen molar-refractivity contribution >= 4 is 17.5 Å². The number of benzene rings is 2. The number of nitrogens with one attached hydrogen (secondary N) is 1. The molecular weight excluding hydrogens is 323 g/mol. The first-order chi connectivity index (χ1) is 12.0. The van der Waals surface area contributed by atoms with Crippen molar-refractivity contribution in [3.8, 4) is 0 Å². The highest BCUT2D eigenvalue weighted by atomic mass is 19.1. The summed E-state index contributed by atoms with van der Waals surface area (Å²) in [6.07, 6.45) is -0.851. The van der Waals surface area contributed by atoms with E-state index in [0.29, 0.717) is 5.69 Å². The number of aryl methyl sites for hydroxylation is 1. The Kier molecular flexibility index (Phi) is 4.81. The quantitative estimate of drug-likeness (QED) is 0.933. The SMILES string of the molecule is Cc1ccc([C@@H]2[C@H](C(=O)Nc3ccc(F)cc3)OCC(=O)N2C)cc1. The maximum atomic E-state index is 13.0. The molecule has 1 saturated heterocycles. The van der Waals surface area contributed by atoms with Gasteiger partial charge in [-0.2, -0.15) is 0 Å². The fraction of sp³-hybridized carbons (Fsp3) is 0.263. The van der Waals surface area contributed by atoms with E-state index in [4.69, 9.17) is 4.74 Å². The van der Waals surface area contributed by atoms with Gasteiger partial charge in [0.25, 0.3) is 5.91 Å². The van der Waals surface area contributed by atoms with Crippen molar-refractivity contribution in [1.29, 1.82) is 0 Å². The third kappa shape index (κ3) is 3.69. The molecule has 1 heterocycles. The van der Waals surface area contributed by atoms with Gasteiger partial charge < -0.3 is 15.0 Å². The molecule has 0 aliphatic carbocycles. The minimum absolute atomic E-state index is 0.152. The van der Waals surface area contributed by atoms with Crippen LogP contribution in [0, 0.1) is 12.7 Å². The molecule has 5 nitrogen and oxygen atoms in total. The van der Waals surface area contributed by atoms with Gasteiger partial charge in [-0.3, -0.25) is 9.59 Å². The van der Waals surface area contributed by atoms with Gasteiger partial charge in [-0.15, -0.1) is 0 Å². The number of anilines is 1. The molecule has 0 unspecified atom stereocenters. The van der Waals surface area contributed by atoms with Crippen LogP contribution in [-0.4, -0.2) is 36.5 Å². The maximum absolute atomic E-state index is 13.0. The Labute approximate surface area is 145 Å². The molecule has 0 bridgehead atoms. The Hall–Kier alpha value is -2.73. The number of amides is 2. The Bertz CT molecular complexity index is 774. The van der Waals surface area contributed by atoms with Gasteiger partial charge in [0.05, 0.1) is 6.04 Å². The summed E-state index contributed by atoms with van der Waals surface area (Å²) in [4.78, 5) is 26.3. The van der Waals surface area contributed by atoms with E-state index in [0.717, 1.165) is 11.1 Å². The molecule has 2 atom stereocenters.